The van der Waals surface area contributed by atoms with Crippen LogP contribution in [-0.4, -0.2) is 28.2 Å². The van der Waals surface area contributed by atoms with Gasteiger partial charge in [0.2, 0.25) is 0 Å². The molecule has 92 valence electrons. The summed E-state index contributed by atoms with van der Waals surface area (Å²) in [6.45, 7) is 1.75. The summed E-state index contributed by atoms with van der Waals surface area (Å²) in [6.07, 6.45) is 3.16. The number of hydrogen-bond acceptors (Lipinski definition) is 3. The van der Waals surface area contributed by atoms with E-state index in [1.54, 1.807) is 0 Å². The highest BCUT2D eigenvalue weighted by atomic mass is 16.3. The highest BCUT2D eigenvalue weighted by Gasteiger charge is 2.30. The van der Waals surface area contributed by atoms with E-state index < -0.39 is 0 Å². The van der Waals surface area contributed by atoms with Crippen molar-refractivity contribution in [2.24, 2.45) is 0 Å². The minimum absolute atomic E-state index is 0.0262. The van der Waals surface area contributed by atoms with Crippen LogP contribution in [-0.2, 0) is 19.6 Å². The predicted molar refractivity (Wildman–Crippen MR) is 64.9 cm³/mol. The van der Waals surface area contributed by atoms with Gasteiger partial charge in [-0.2, -0.15) is 0 Å². The number of aromatic nitrogens is 1. The molecule has 2 aliphatic rings. The summed E-state index contributed by atoms with van der Waals surface area (Å²) in [7, 11) is 2.09. The average Bonchev–Trinajstić information content (AvgIpc) is 3.12. The van der Waals surface area contributed by atoms with Gasteiger partial charge in [0.15, 0.2) is 0 Å². The van der Waals surface area contributed by atoms with Crippen LogP contribution in [0.15, 0.2) is 10.9 Å². The molecule has 0 saturated heterocycles. The average molecular weight is 234 g/mol. The number of nitrogens with zero attached hydrogens (tertiary/aromatic N) is 2. The van der Waals surface area contributed by atoms with Gasteiger partial charge in [-0.25, -0.2) is 0 Å². The summed E-state index contributed by atoms with van der Waals surface area (Å²) in [5, 5.41) is 9.29. The fraction of sp³-hybridized carbons (Fsp3) is 0.615. The zero-order valence-corrected chi connectivity index (χ0v) is 10.1. The van der Waals surface area contributed by atoms with Crippen molar-refractivity contribution < 1.29 is 5.11 Å². The zero-order chi connectivity index (χ0) is 12.0. The van der Waals surface area contributed by atoms with Gasteiger partial charge >= 0.3 is 0 Å². The van der Waals surface area contributed by atoms with Gasteiger partial charge in [-0.15, -0.1) is 0 Å². The van der Waals surface area contributed by atoms with E-state index in [4.69, 9.17) is 0 Å². The molecule has 0 radical (unpaired) electrons. The van der Waals surface area contributed by atoms with Crippen LogP contribution in [0.5, 0.6) is 0 Å². The largest absolute Gasteiger partial charge is 0.391 e. The summed E-state index contributed by atoms with van der Waals surface area (Å²) in [5.74, 6) is 0. The number of aliphatic hydroxyl groups is 1. The Morgan fingerprint density at radius 3 is 2.88 bits per heavy atom. The third kappa shape index (κ3) is 1.81. The van der Waals surface area contributed by atoms with E-state index in [1.165, 1.54) is 11.3 Å². The molecule has 1 aromatic rings. The van der Waals surface area contributed by atoms with Gasteiger partial charge in [0.05, 0.1) is 6.61 Å². The minimum Gasteiger partial charge on any atom is -0.391 e. The van der Waals surface area contributed by atoms with Crippen molar-refractivity contribution in [3.63, 3.8) is 0 Å². The predicted octanol–water partition coefficient (Wildman–Crippen LogP) is 0.663. The molecular weight excluding hydrogens is 216 g/mol. The quantitative estimate of drug-likeness (QED) is 0.818. The Bertz CT molecular complexity index is 503. The minimum atomic E-state index is -0.150. The second-order valence-electron chi connectivity index (χ2n) is 5.19. The van der Waals surface area contributed by atoms with E-state index in [9.17, 15) is 9.90 Å². The molecule has 0 bridgehead atoms. The van der Waals surface area contributed by atoms with E-state index in [0.717, 1.165) is 32.4 Å². The van der Waals surface area contributed by atoms with Crippen molar-refractivity contribution in [2.45, 2.75) is 38.5 Å². The summed E-state index contributed by atoms with van der Waals surface area (Å²) in [6, 6.07) is 2.29. The Morgan fingerprint density at radius 1 is 1.47 bits per heavy atom. The first-order valence-corrected chi connectivity index (χ1v) is 6.26. The second kappa shape index (κ2) is 3.96. The number of hydrogen-bond donors (Lipinski definition) is 1. The molecule has 2 heterocycles. The van der Waals surface area contributed by atoms with Crippen molar-refractivity contribution in [3.05, 3.63) is 33.2 Å². The Morgan fingerprint density at radius 2 is 2.24 bits per heavy atom. The van der Waals surface area contributed by atoms with Crippen LogP contribution in [0.3, 0.4) is 0 Å². The van der Waals surface area contributed by atoms with Crippen LogP contribution in [0.4, 0.5) is 0 Å². The molecule has 4 heteroatoms. The third-order valence-corrected chi connectivity index (χ3v) is 3.76. The van der Waals surface area contributed by atoms with Gasteiger partial charge in [-0.1, -0.05) is 0 Å². The first kappa shape index (κ1) is 11.0. The fourth-order valence-electron chi connectivity index (χ4n) is 2.70. The maximum Gasteiger partial charge on any atom is 0.256 e. The van der Waals surface area contributed by atoms with E-state index in [0.29, 0.717) is 11.6 Å². The number of pyridine rings is 1. The highest BCUT2D eigenvalue weighted by Crippen LogP contribution is 2.36. The number of aliphatic hydroxyl groups excluding tert-OH is 1. The van der Waals surface area contributed by atoms with Gasteiger partial charge < -0.3 is 14.6 Å². The third-order valence-electron chi connectivity index (χ3n) is 3.76. The van der Waals surface area contributed by atoms with Crippen LogP contribution >= 0.6 is 0 Å². The van der Waals surface area contributed by atoms with Crippen molar-refractivity contribution in [1.29, 1.82) is 0 Å². The standard InChI is InChI=1S/C13H18N2O2/c1-14-5-4-12-9(7-14)6-10(8-16)13(17)15(12)11-2-3-11/h6,11,16H,2-5,7-8H2,1H3. The summed E-state index contributed by atoms with van der Waals surface area (Å²) in [5.41, 5.74) is 2.99. The maximum atomic E-state index is 12.2. The van der Waals surface area contributed by atoms with Crippen molar-refractivity contribution in [2.75, 3.05) is 13.6 Å². The van der Waals surface area contributed by atoms with Gasteiger partial charge in [0.1, 0.15) is 0 Å². The lowest BCUT2D eigenvalue weighted by Gasteiger charge is -2.28. The van der Waals surface area contributed by atoms with E-state index in [2.05, 4.69) is 11.9 Å². The number of likely N-dealkylation sites (N-methyl/N-ethyl adjacent to an activating group) is 1. The Labute approximate surface area is 100 Å². The SMILES string of the molecule is CN1CCc2c(cc(CO)c(=O)n2C2CC2)C1. The van der Waals surface area contributed by atoms with Gasteiger partial charge in [0.25, 0.3) is 5.56 Å². The summed E-state index contributed by atoms with van der Waals surface area (Å²) >= 11 is 0. The van der Waals surface area contributed by atoms with Gasteiger partial charge in [-0.3, -0.25) is 4.79 Å². The molecule has 17 heavy (non-hydrogen) atoms. The molecule has 1 aliphatic heterocycles. The maximum absolute atomic E-state index is 12.2. The monoisotopic (exact) mass is 234 g/mol. The van der Waals surface area contributed by atoms with Crippen LogP contribution in [0, 0.1) is 0 Å². The number of fused-ring (bicyclic) bond motifs is 1. The van der Waals surface area contributed by atoms with Gasteiger partial charge in [-0.05, 0) is 31.5 Å². The number of rotatable bonds is 2. The van der Waals surface area contributed by atoms with Gasteiger partial charge in [0, 0.05) is 36.8 Å². The lowest BCUT2D eigenvalue weighted by atomic mass is 10.0. The lowest BCUT2D eigenvalue weighted by molar-refractivity contribution is 0.274. The van der Waals surface area contributed by atoms with E-state index >= 15 is 0 Å². The zero-order valence-electron chi connectivity index (χ0n) is 10.1. The molecular formula is C13H18N2O2. The Hall–Kier alpha value is -1.13. The highest BCUT2D eigenvalue weighted by molar-refractivity contribution is 5.29. The van der Waals surface area contributed by atoms with E-state index in [-0.39, 0.29) is 12.2 Å². The molecule has 0 spiro atoms. The van der Waals surface area contributed by atoms with Crippen LogP contribution in [0.1, 0.15) is 35.7 Å². The fourth-order valence-corrected chi connectivity index (χ4v) is 2.70. The first-order valence-electron chi connectivity index (χ1n) is 6.26. The van der Waals surface area contributed by atoms with Crippen LogP contribution < -0.4 is 5.56 Å². The molecule has 3 rings (SSSR count). The molecule has 0 atom stereocenters. The molecule has 1 saturated carbocycles. The topological polar surface area (TPSA) is 45.5 Å². The van der Waals surface area contributed by atoms with Crippen molar-refractivity contribution in [1.82, 2.24) is 9.47 Å². The molecule has 1 aromatic heterocycles. The van der Waals surface area contributed by atoms with Crippen molar-refractivity contribution >= 4 is 0 Å². The Balaban J connectivity index is 2.17. The normalized spacial score (nSPS) is 20.4. The van der Waals surface area contributed by atoms with Crippen LogP contribution in [0.25, 0.3) is 0 Å². The molecule has 1 fully saturated rings. The molecule has 0 amide bonds. The van der Waals surface area contributed by atoms with E-state index in [1.807, 2.05) is 10.6 Å². The lowest BCUT2D eigenvalue weighted by Crippen LogP contribution is -2.35. The molecule has 0 unspecified atom stereocenters. The molecule has 0 aromatic carbocycles. The van der Waals surface area contributed by atoms with Crippen LogP contribution in [0.2, 0.25) is 0 Å². The summed E-state index contributed by atoms with van der Waals surface area (Å²) in [4.78, 5) is 14.5. The molecule has 4 nitrogen and oxygen atoms in total. The first-order chi connectivity index (χ1) is 8.20. The second-order valence-corrected chi connectivity index (χ2v) is 5.19. The smallest absolute Gasteiger partial charge is 0.256 e. The Kier molecular flexibility index (Phi) is 2.56. The summed E-state index contributed by atoms with van der Waals surface area (Å²) < 4.78 is 1.95. The molecule has 1 aliphatic carbocycles. The molecule has 1 N–H and O–H groups in total. The van der Waals surface area contributed by atoms with Crippen molar-refractivity contribution in [3.8, 4) is 0 Å².